The lowest BCUT2D eigenvalue weighted by molar-refractivity contribution is -0.138. The fourth-order valence-corrected chi connectivity index (χ4v) is 4.21. The molecule has 1 heterocycles. The molecule has 0 radical (unpaired) electrons. The molecule has 34 heavy (non-hydrogen) atoms. The van der Waals surface area contributed by atoms with Gasteiger partial charge in [0.05, 0.1) is 25.3 Å². The van der Waals surface area contributed by atoms with Gasteiger partial charge < -0.3 is 14.6 Å². The molecule has 174 valence electrons. The minimum Gasteiger partial charge on any atom is -0.503 e. The third-order valence-corrected chi connectivity index (χ3v) is 5.87. The monoisotopic (exact) mass is 457 g/mol. The number of hydrogen-bond acceptors (Lipinski definition) is 5. The molecular weight excluding hydrogens is 430 g/mol. The highest BCUT2D eigenvalue weighted by Crippen LogP contribution is 2.42. The SMILES string of the molecule is CCOC(=O)C1=CCC=C(N2C(=O)C(O)=C(Cc3ccc(OC)cc3)C2c2ccccc2)C=C1. The Hall–Kier alpha value is -4.06. The zero-order valence-electron chi connectivity index (χ0n) is 19.2. The number of esters is 1. The number of carbonyl (C=O) groups excluding carboxylic acids is 2. The lowest BCUT2D eigenvalue weighted by atomic mass is 9.93. The molecular formula is C28H27NO5. The smallest absolute Gasteiger partial charge is 0.337 e. The van der Waals surface area contributed by atoms with Crippen LogP contribution in [0.15, 0.2) is 102 Å². The van der Waals surface area contributed by atoms with Crippen molar-refractivity contribution in [1.82, 2.24) is 4.90 Å². The Kier molecular flexibility index (Phi) is 6.97. The van der Waals surface area contributed by atoms with E-state index in [1.165, 1.54) is 0 Å². The highest BCUT2D eigenvalue weighted by atomic mass is 16.5. The number of nitrogens with zero attached hydrogens (tertiary/aromatic N) is 1. The number of allylic oxidation sites excluding steroid dienone is 3. The van der Waals surface area contributed by atoms with E-state index in [0.717, 1.165) is 16.9 Å². The van der Waals surface area contributed by atoms with Gasteiger partial charge in [-0.2, -0.15) is 0 Å². The van der Waals surface area contributed by atoms with Gasteiger partial charge in [0.25, 0.3) is 5.91 Å². The lowest BCUT2D eigenvalue weighted by Crippen LogP contribution is -2.29. The van der Waals surface area contributed by atoms with Crippen LogP contribution in [0.1, 0.15) is 30.5 Å². The third-order valence-electron chi connectivity index (χ3n) is 5.87. The topological polar surface area (TPSA) is 76.1 Å². The average molecular weight is 458 g/mol. The summed E-state index contributed by atoms with van der Waals surface area (Å²) in [6.07, 6.45) is 7.89. The highest BCUT2D eigenvalue weighted by molar-refractivity contribution is 5.97. The molecule has 0 saturated heterocycles. The molecule has 0 spiro atoms. The molecule has 0 aromatic heterocycles. The molecule has 1 unspecified atom stereocenters. The molecule has 0 saturated carbocycles. The number of amides is 1. The van der Waals surface area contributed by atoms with Gasteiger partial charge in [0.1, 0.15) is 5.75 Å². The van der Waals surface area contributed by atoms with Crippen LogP contribution in [0.3, 0.4) is 0 Å². The molecule has 1 N–H and O–H groups in total. The lowest BCUT2D eigenvalue weighted by Gasteiger charge is -2.28. The van der Waals surface area contributed by atoms with E-state index in [1.54, 1.807) is 37.2 Å². The minimum atomic E-state index is -0.476. The Labute approximate surface area is 199 Å². The van der Waals surface area contributed by atoms with Crippen LogP contribution >= 0.6 is 0 Å². The first-order valence-corrected chi connectivity index (χ1v) is 11.2. The quantitative estimate of drug-likeness (QED) is 0.595. The summed E-state index contributed by atoms with van der Waals surface area (Å²) in [6, 6.07) is 16.7. The molecule has 1 aliphatic heterocycles. The van der Waals surface area contributed by atoms with E-state index in [4.69, 9.17) is 9.47 Å². The summed E-state index contributed by atoms with van der Waals surface area (Å²) >= 11 is 0. The Morgan fingerprint density at radius 3 is 2.47 bits per heavy atom. The summed E-state index contributed by atoms with van der Waals surface area (Å²) in [5.74, 6) is -0.374. The first-order chi connectivity index (χ1) is 16.5. The average Bonchev–Trinajstić information content (AvgIpc) is 3.02. The van der Waals surface area contributed by atoms with Crippen LogP contribution in [-0.2, 0) is 20.7 Å². The van der Waals surface area contributed by atoms with E-state index < -0.39 is 17.9 Å². The van der Waals surface area contributed by atoms with Gasteiger partial charge in [-0.05, 0) is 55.2 Å². The van der Waals surface area contributed by atoms with Gasteiger partial charge in [-0.15, -0.1) is 0 Å². The second-order valence-corrected chi connectivity index (χ2v) is 7.97. The number of aliphatic hydroxyl groups excluding tert-OH is 1. The largest absolute Gasteiger partial charge is 0.503 e. The molecule has 4 rings (SSSR count). The predicted octanol–water partition coefficient (Wildman–Crippen LogP) is 4.97. The molecule has 1 amide bonds. The van der Waals surface area contributed by atoms with Crippen molar-refractivity contribution in [2.75, 3.05) is 13.7 Å². The van der Waals surface area contributed by atoms with E-state index >= 15 is 0 Å². The van der Waals surface area contributed by atoms with Crippen molar-refractivity contribution >= 4 is 11.9 Å². The van der Waals surface area contributed by atoms with Crippen LogP contribution in [0.2, 0.25) is 0 Å². The molecule has 1 atom stereocenters. The molecule has 1 aliphatic carbocycles. The van der Waals surface area contributed by atoms with Gasteiger partial charge in [-0.1, -0.05) is 54.6 Å². The summed E-state index contributed by atoms with van der Waals surface area (Å²) < 4.78 is 10.3. The Bertz CT molecular complexity index is 1190. The molecule has 6 nitrogen and oxygen atoms in total. The van der Waals surface area contributed by atoms with Crippen molar-refractivity contribution in [2.45, 2.75) is 25.8 Å². The third kappa shape index (κ3) is 4.66. The van der Waals surface area contributed by atoms with Crippen LogP contribution in [-0.4, -0.2) is 35.6 Å². The van der Waals surface area contributed by atoms with E-state index in [9.17, 15) is 14.7 Å². The highest BCUT2D eigenvalue weighted by Gasteiger charge is 2.41. The molecule has 2 aromatic carbocycles. The summed E-state index contributed by atoms with van der Waals surface area (Å²) in [5, 5.41) is 11.0. The van der Waals surface area contributed by atoms with Crippen molar-refractivity contribution in [3.05, 3.63) is 113 Å². The maximum atomic E-state index is 13.3. The molecule has 0 bridgehead atoms. The predicted molar refractivity (Wildman–Crippen MR) is 129 cm³/mol. The van der Waals surface area contributed by atoms with Crippen molar-refractivity contribution in [3.63, 3.8) is 0 Å². The zero-order chi connectivity index (χ0) is 24.1. The van der Waals surface area contributed by atoms with Crippen LogP contribution < -0.4 is 4.74 Å². The van der Waals surface area contributed by atoms with Gasteiger partial charge in [0.2, 0.25) is 0 Å². The first-order valence-electron chi connectivity index (χ1n) is 11.2. The van der Waals surface area contributed by atoms with Gasteiger partial charge in [-0.3, -0.25) is 9.69 Å². The Morgan fingerprint density at radius 1 is 1.06 bits per heavy atom. The molecule has 6 heteroatoms. The maximum absolute atomic E-state index is 13.3. The van der Waals surface area contributed by atoms with Gasteiger partial charge in [0.15, 0.2) is 5.76 Å². The Balaban J connectivity index is 1.69. The van der Waals surface area contributed by atoms with E-state index in [2.05, 4.69) is 0 Å². The number of hydrogen-bond donors (Lipinski definition) is 1. The van der Waals surface area contributed by atoms with Crippen molar-refractivity contribution in [3.8, 4) is 5.75 Å². The summed E-state index contributed by atoms with van der Waals surface area (Å²) in [5.41, 5.74) is 3.52. The van der Waals surface area contributed by atoms with E-state index in [1.807, 2.05) is 60.7 Å². The van der Waals surface area contributed by atoms with Gasteiger partial charge in [-0.25, -0.2) is 4.79 Å². The number of carbonyl (C=O) groups is 2. The molecule has 2 aliphatic rings. The van der Waals surface area contributed by atoms with E-state index in [0.29, 0.717) is 29.7 Å². The van der Waals surface area contributed by atoms with Crippen LogP contribution in [0.5, 0.6) is 5.75 Å². The first kappa shape index (κ1) is 23.1. The fraction of sp³-hybridized carbons (Fsp3) is 0.214. The van der Waals surface area contributed by atoms with Crippen LogP contribution in [0.4, 0.5) is 0 Å². The van der Waals surface area contributed by atoms with Crippen LogP contribution in [0, 0.1) is 0 Å². The zero-order valence-corrected chi connectivity index (χ0v) is 19.2. The summed E-state index contributed by atoms with van der Waals surface area (Å²) in [7, 11) is 1.61. The van der Waals surface area contributed by atoms with Gasteiger partial charge >= 0.3 is 5.97 Å². The Morgan fingerprint density at radius 2 is 1.79 bits per heavy atom. The normalized spacial score (nSPS) is 17.9. The van der Waals surface area contributed by atoms with Crippen molar-refractivity contribution < 1.29 is 24.2 Å². The molecule has 2 aromatic rings. The molecule has 0 fully saturated rings. The number of aliphatic hydroxyl groups is 1. The second kappa shape index (κ2) is 10.3. The summed E-state index contributed by atoms with van der Waals surface area (Å²) in [6.45, 7) is 2.05. The van der Waals surface area contributed by atoms with Gasteiger partial charge in [0, 0.05) is 11.3 Å². The van der Waals surface area contributed by atoms with Crippen molar-refractivity contribution in [2.24, 2.45) is 0 Å². The number of methoxy groups -OCH3 is 1. The fourth-order valence-electron chi connectivity index (χ4n) is 4.21. The number of ether oxygens (including phenoxy) is 2. The number of rotatable bonds is 7. The number of benzene rings is 2. The second-order valence-electron chi connectivity index (χ2n) is 7.97. The minimum absolute atomic E-state index is 0.248. The summed E-state index contributed by atoms with van der Waals surface area (Å²) in [4.78, 5) is 27.1. The maximum Gasteiger partial charge on any atom is 0.337 e. The standard InChI is InChI=1S/C28H27NO5/c1-3-34-28(32)21-10-7-11-22(15-14-21)29-25(20-8-5-4-6-9-20)24(26(30)27(29)31)18-19-12-16-23(33-2)17-13-19/h4-6,8-17,25,30H,3,7,18H2,1-2H3. The van der Waals surface area contributed by atoms with Crippen molar-refractivity contribution in [1.29, 1.82) is 0 Å². The van der Waals surface area contributed by atoms with Crippen LogP contribution in [0.25, 0.3) is 0 Å². The van der Waals surface area contributed by atoms with E-state index in [-0.39, 0.29) is 12.4 Å².